The van der Waals surface area contributed by atoms with Gasteiger partial charge in [-0.3, -0.25) is 14.4 Å². The molecule has 3 heterocycles. The first-order valence-corrected chi connectivity index (χ1v) is 10.9. The molecule has 2 N–H and O–H groups in total. The summed E-state index contributed by atoms with van der Waals surface area (Å²) in [5, 5.41) is 12.8. The molecule has 3 fully saturated rings. The van der Waals surface area contributed by atoms with Crippen LogP contribution in [-0.4, -0.2) is 70.8 Å². The predicted octanol–water partition coefficient (Wildman–Crippen LogP) is 1.00. The topological polar surface area (TPSA) is 105 Å². The molecule has 0 saturated carbocycles. The lowest BCUT2D eigenvalue weighted by Gasteiger charge is -2.36. The van der Waals surface area contributed by atoms with Crippen LogP contribution in [0.5, 0.6) is 0 Å². The Morgan fingerprint density at radius 3 is 2.66 bits per heavy atom. The second kappa shape index (κ2) is 8.22. The van der Waals surface area contributed by atoms with Gasteiger partial charge in [0, 0.05) is 6.54 Å². The molecule has 3 saturated heterocycles. The second-order valence-corrected chi connectivity index (χ2v) is 8.61. The van der Waals surface area contributed by atoms with Crippen LogP contribution in [0, 0.1) is 11.8 Å². The Hall–Kier alpha value is -1.67. The smallest absolute Gasteiger partial charge is 0.312 e. The minimum absolute atomic E-state index is 0.220. The van der Waals surface area contributed by atoms with Crippen molar-refractivity contribution in [3.8, 4) is 0 Å². The third-order valence-corrected chi connectivity index (χ3v) is 6.91. The van der Waals surface area contributed by atoms with Crippen molar-refractivity contribution in [1.29, 1.82) is 0 Å². The highest BCUT2D eigenvalue weighted by molar-refractivity contribution is 5.98. The van der Waals surface area contributed by atoms with E-state index in [4.69, 9.17) is 9.47 Å². The van der Waals surface area contributed by atoms with Crippen molar-refractivity contribution in [3.05, 3.63) is 0 Å². The van der Waals surface area contributed by atoms with Gasteiger partial charge in [0.25, 0.3) is 0 Å². The molecule has 0 aromatic heterocycles. The number of esters is 1. The minimum Gasteiger partial charge on any atom is -0.466 e. The van der Waals surface area contributed by atoms with Crippen molar-refractivity contribution < 1.29 is 29.0 Å². The normalized spacial score (nSPS) is 36.2. The second-order valence-electron chi connectivity index (χ2n) is 8.61. The van der Waals surface area contributed by atoms with Gasteiger partial charge in [0.2, 0.25) is 11.8 Å². The van der Waals surface area contributed by atoms with E-state index in [1.54, 1.807) is 6.92 Å². The third-order valence-electron chi connectivity index (χ3n) is 6.91. The predicted molar refractivity (Wildman–Crippen MR) is 105 cm³/mol. The molecule has 0 aliphatic carbocycles. The number of aliphatic hydroxyl groups is 1. The fourth-order valence-electron chi connectivity index (χ4n) is 5.55. The van der Waals surface area contributed by atoms with E-state index in [0.29, 0.717) is 25.8 Å². The molecule has 0 radical (unpaired) electrons. The summed E-state index contributed by atoms with van der Waals surface area (Å²) in [7, 11) is 0. The number of carbonyl (C=O) groups excluding carboxylic acids is 3. The van der Waals surface area contributed by atoms with Crippen LogP contribution in [-0.2, 0) is 23.9 Å². The van der Waals surface area contributed by atoms with Gasteiger partial charge in [-0.25, -0.2) is 0 Å². The summed E-state index contributed by atoms with van der Waals surface area (Å²) in [6.07, 6.45) is 3.40. The summed E-state index contributed by atoms with van der Waals surface area (Å²) in [6, 6.07) is -1.35. The van der Waals surface area contributed by atoms with Crippen molar-refractivity contribution in [2.75, 3.05) is 19.8 Å². The van der Waals surface area contributed by atoms with E-state index in [1.807, 2.05) is 20.8 Å². The molecule has 8 nitrogen and oxygen atoms in total. The van der Waals surface area contributed by atoms with Crippen LogP contribution in [0.4, 0.5) is 0 Å². The average Bonchev–Trinajstić information content (AvgIpc) is 3.25. The molecule has 2 unspecified atom stereocenters. The zero-order chi connectivity index (χ0) is 21.4. The zero-order valence-corrected chi connectivity index (χ0v) is 17.9. The summed E-state index contributed by atoms with van der Waals surface area (Å²) in [5.41, 5.74) is -1.87. The van der Waals surface area contributed by atoms with Gasteiger partial charge in [-0.2, -0.15) is 0 Å². The Morgan fingerprint density at radius 1 is 1.34 bits per heavy atom. The maximum Gasteiger partial charge on any atom is 0.312 e. The van der Waals surface area contributed by atoms with Gasteiger partial charge in [-0.1, -0.05) is 20.3 Å². The lowest BCUT2D eigenvalue weighted by Crippen LogP contribution is -2.58. The maximum absolute atomic E-state index is 13.6. The Balaban J connectivity index is 2.02. The molecule has 29 heavy (non-hydrogen) atoms. The molecule has 1 spiro atoms. The van der Waals surface area contributed by atoms with Gasteiger partial charge >= 0.3 is 5.97 Å². The van der Waals surface area contributed by atoms with Gasteiger partial charge in [-0.05, 0) is 39.5 Å². The molecule has 6 atom stereocenters. The first-order chi connectivity index (χ1) is 13.8. The number of amides is 2. The van der Waals surface area contributed by atoms with Crippen molar-refractivity contribution in [2.24, 2.45) is 11.8 Å². The number of aliphatic hydroxyl groups excluding tert-OH is 1. The van der Waals surface area contributed by atoms with Crippen molar-refractivity contribution >= 4 is 17.8 Å². The first kappa shape index (κ1) is 22.0. The highest BCUT2D eigenvalue weighted by Gasteiger charge is 2.78. The Labute approximate surface area is 172 Å². The van der Waals surface area contributed by atoms with E-state index >= 15 is 0 Å². The maximum atomic E-state index is 13.6. The Morgan fingerprint density at radius 2 is 2.07 bits per heavy atom. The van der Waals surface area contributed by atoms with Crippen LogP contribution in [0.25, 0.3) is 0 Å². The molecule has 0 aromatic carbocycles. The SMILES string of the molecule is CCCCNC(=O)C1N([C@@H](CC)CO)C(=O)[C@@H]2[C@H](C(=O)OCC)[C@]3(C)CCC12O3. The molecule has 164 valence electrons. The molecular weight excluding hydrogens is 376 g/mol. The third kappa shape index (κ3) is 3.24. The van der Waals surface area contributed by atoms with Gasteiger partial charge < -0.3 is 24.8 Å². The van der Waals surface area contributed by atoms with Gasteiger partial charge in [-0.15, -0.1) is 0 Å². The molecule has 3 aliphatic rings. The van der Waals surface area contributed by atoms with E-state index < -0.39 is 41.1 Å². The van der Waals surface area contributed by atoms with Crippen LogP contribution in [0.2, 0.25) is 0 Å². The highest BCUT2D eigenvalue weighted by Crippen LogP contribution is 2.63. The summed E-state index contributed by atoms with van der Waals surface area (Å²) < 4.78 is 11.7. The number of rotatable bonds is 9. The van der Waals surface area contributed by atoms with E-state index in [2.05, 4.69) is 5.32 Å². The number of nitrogens with one attached hydrogen (secondary N) is 1. The minimum atomic E-state index is -1.05. The van der Waals surface area contributed by atoms with Crippen molar-refractivity contribution in [2.45, 2.75) is 83.1 Å². The fourth-order valence-corrected chi connectivity index (χ4v) is 5.55. The molecule has 2 amide bonds. The van der Waals surface area contributed by atoms with E-state index in [9.17, 15) is 19.5 Å². The zero-order valence-electron chi connectivity index (χ0n) is 17.9. The standard InChI is InChI=1S/C21H34N2O6/c1-5-8-11-22-17(25)16-21-10-9-20(4,29-21)15(19(27)28-7-3)14(21)18(26)23(16)13(6-2)12-24/h13-16,24H,5-12H2,1-4H3,(H,22,25)/t13-,14-,15+,16?,20-,21?/m0/s1. The highest BCUT2D eigenvalue weighted by atomic mass is 16.6. The number of fused-ring (bicyclic) bond motifs is 1. The molecule has 0 aromatic rings. The van der Waals surface area contributed by atoms with E-state index in [-0.39, 0.29) is 25.0 Å². The summed E-state index contributed by atoms with van der Waals surface area (Å²) in [6.45, 7) is 7.97. The molecular formula is C21H34N2O6. The number of ether oxygens (including phenoxy) is 2. The van der Waals surface area contributed by atoms with Gasteiger partial charge in [0.15, 0.2) is 0 Å². The fraction of sp³-hybridized carbons (Fsp3) is 0.857. The molecule has 8 heteroatoms. The molecule has 3 rings (SSSR count). The molecule has 2 bridgehead atoms. The first-order valence-electron chi connectivity index (χ1n) is 10.9. The van der Waals surface area contributed by atoms with Gasteiger partial charge in [0.1, 0.15) is 17.6 Å². The molecule has 3 aliphatic heterocycles. The van der Waals surface area contributed by atoms with Crippen LogP contribution in [0.1, 0.15) is 59.8 Å². The monoisotopic (exact) mass is 410 g/mol. The number of hydrogen-bond donors (Lipinski definition) is 2. The summed E-state index contributed by atoms with van der Waals surface area (Å²) in [5.74, 6) is -2.50. The van der Waals surface area contributed by atoms with Crippen molar-refractivity contribution in [3.63, 3.8) is 0 Å². The van der Waals surface area contributed by atoms with Gasteiger partial charge in [0.05, 0.1) is 30.8 Å². The Kier molecular flexibility index (Phi) is 6.24. The quantitative estimate of drug-likeness (QED) is 0.434. The van der Waals surface area contributed by atoms with Crippen LogP contribution in [0.15, 0.2) is 0 Å². The number of likely N-dealkylation sites (tertiary alicyclic amines) is 1. The number of unbranched alkanes of at least 4 members (excludes halogenated alkanes) is 1. The summed E-state index contributed by atoms with van der Waals surface area (Å²) in [4.78, 5) is 41.1. The Bertz CT molecular complexity index is 666. The van der Waals surface area contributed by atoms with Crippen LogP contribution >= 0.6 is 0 Å². The van der Waals surface area contributed by atoms with Crippen molar-refractivity contribution in [1.82, 2.24) is 10.2 Å². The van der Waals surface area contributed by atoms with E-state index in [0.717, 1.165) is 12.8 Å². The van der Waals surface area contributed by atoms with E-state index in [1.165, 1.54) is 4.90 Å². The van der Waals surface area contributed by atoms with Crippen LogP contribution in [0.3, 0.4) is 0 Å². The largest absolute Gasteiger partial charge is 0.466 e. The number of carbonyl (C=O) groups is 3. The lowest BCUT2D eigenvalue weighted by atomic mass is 9.66. The van der Waals surface area contributed by atoms with Crippen LogP contribution < -0.4 is 5.32 Å². The number of nitrogens with zero attached hydrogens (tertiary/aromatic N) is 1. The lowest BCUT2D eigenvalue weighted by molar-refractivity contribution is -0.160. The summed E-state index contributed by atoms with van der Waals surface area (Å²) >= 11 is 0. The number of hydrogen-bond acceptors (Lipinski definition) is 6. The average molecular weight is 411 g/mol.